The summed E-state index contributed by atoms with van der Waals surface area (Å²) in [6.45, 7) is 0. The molecule has 2 aromatic rings. The lowest BCUT2D eigenvalue weighted by molar-refractivity contribution is -0.254. The van der Waals surface area contributed by atoms with Gasteiger partial charge in [-0.1, -0.05) is 11.6 Å². The number of nitrogens with one attached hydrogen (secondary N) is 1. The third-order valence-corrected chi connectivity index (χ3v) is 2.10. The van der Waals surface area contributed by atoms with Crippen LogP contribution in [0.25, 0.3) is 10.9 Å². The Labute approximate surface area is 78.9 Å². The molecule has 0 amide bonds. The van der Waals surface area contributed by atoms with Crippen molar-refractivity contribution in [1.29, 1.82) is 0 Å². The Bertz CT molecular complexity index is 475. The maximum atomic E-state index is 10.6. The van der Waals surface area contributed by atoms with Crippen LogP contribution in [0.5, 0.6) is 0 Å². The highest BCUT2D eigenvalue weighted by molar-refractivity contribution is 6.31. The largest absolute Gasteiger partial charge is 0.545 e. The molecule has 0 aliphatic carbocycles. The van der Waals surface area contributed by atoms with Crippen molar-refractivity contribution in [3.8, 4) is 0 Å². The topological polar surface area (TPSA) is 55.9 Å². The average Bonchev–Trinajstić information content (AvgIpc) is 2.46. The molecular formula is C9H5ClNO2-. The molecular weight excluding hydrogens is 190 g/mol. The number of hydrogen-bond acceptors (Lipinski definition) is 2. The smallest absolute Gasteiger partial charge is 0.0736 e. The molecule has 3 nitrogen and oxygen atoms in total. The van der Waals surface area contributed by atoms with Gasteiger partial charge >= 0.3 is 0 Å². The summed E-state index contributed by atoms with van der Waals surface area (Å²) in [5, 5.41) is 11.7. The molecule has 2 rings (SSSR count). The van der Waals surface area contributed by atoms with Crippen LogP contribution in [0.3, 0.4) is 0 Å². The molecule has 1 N–H and O–H groups in total. The van der Waals surface area contributed by atoms with E-state index in [1.165, 1.54) is 6.20 Å². The summed E-state index contributed by atoms with van der Waals surface area (Å²) in [6, 6.07) is 5.02. The van der Waals surface area contributed by atoms with E-state index in [-0.39, 0.29) is 5.56 Å². The molecule has 1 aromatic carbocycles. The van der Waals surface area contributed by atoms with E-state index in [1.807, 2.05) is 0 Å². The summed E-state index contributed by atoms with van der Waals surface area (Å²) < 4.78 is 0. The summed E-state index contributed by atoms with van der Waals surface area (Å²) >= 11 is 5.73. The summed E-state index contributed by atoms with van der Waals surface area (Å²) in [6.07, 6.45) is 1.40. The molecule has 0 saturated heterocycles. The zero-order valence-electron chi connectivity index (χ0n) is 6.50. The third-order valence-electron chi connectivity index (χ3n) is 1.86. The zero-order valence-corrected chi connectivity index (χ0v) is 7.26. The summed E-state index contributed by atoms with van der Waals surface area (Å²) in [5.74, 6) is -1.20. The SMILES string of the molecule is O=C([O-])c1c[nH]c2ccc(Cl)cc12. The number of rotatable bonds is 1. The molecule has 0 radical (unpaired) electrons. The summed E-state index contributed by atoms with van der Waals surface area (Å²) in [4.78, 5) is 13.4. The Hall–Kier alpha value is -1.48. The highest BCUT2D eigenvalue weighted by Crippen LogP contribution is 2.21. The Morgan fingerprint density at radius 2 is 2.23 bits per heavy atom. The third kappa shape index (κ3) is 1.27. The number of hydrogen-bond donors (Lipinski definition) is 1. The lowest BCUT2D eigenvalue weighted by atomic mass is 10.2. The average molecular weight is 195 g/mol. The van der Waals surface area contributed by atoms with Crippen LogP contribution in [0.2, 0.25) is 5.02 Å². The number of aromatic nitrogens is 1. The quantitative estimate of drug-likeness (QED) is 0.741. The van der Waals surface area contributed by atoms with Crippen molar-refractivity contribution in [2.75, 3.05) is 0 Å². The lowest BCUT2D eigenvalue weighted by Gasteiger charge is -1.98. The van der Waals surface area contributed by atoms with E-state index in [9.17, 15) is 9.90 Å². The fourth-order valence-corrected chi connectivity index (χ4v) is 1.43. The van der Waals surface area contributed by atoms with E-state index < -0.39 is 5.97 Å². The maximum Gasteiger partial charge on any atom is 0.0736 e. The van der Waals surface area contributed by atoms with Crippen molar-refractivity contribution in [1.82, 2.24) is 4.98 Å². The first kappa shape index (κ1) is 8.13. The van der Waals surface area contributed by atoms with Crippen molar-refractivity contribution < 1.29 is 9.90 Å². The monoisotopic (exact) mass is 194 g/mol. The molecule has 0 aliphatic heterocycles. The van der Waals surface area contributed by atoms with Crippen LogP contribution in [0.1, 0.15) is 10.4 Å². The van der Waals surface area contributed by atoms with E-state index in [1.54, 1.807) is 18.2 Å². The van der Waals surface area contributed by atoms with Gasteiger partial charge < -0.3 is 14.9 Å². The minimum Gasteiger partial charge on any atom is -0.545 e. The molecule has 1 heterocycles. The molecule has 0 atom stereocenters. The van der Waals surface area contributed by atoms with Crippen molar-refractivity contribution in [3.63, 3.8) is 0 Å². The van der Waals surface area contributed by atoms with Crippen molar-refractivity contribution in [2.24, 2.45) is 0 Å². The van der Waals surface area contributed by atoms with Crippen LogP contribution in [0.15, 0.2) is 24.4 Å². The van der Waals surface area contributed by atoms with Gasteiger partial charge in [0, 0.05) is 27.7 Å². The molecule has 4 heteroatoms. The number of carbonyl (C=O) groups excluding carboxylic acids is 1. The van der Waals surface area contributed by atoms with Crippen LogP contribution in [-0.2, 0) is 0 Å². The van der Waals surface area contributed by atoms with Crippen LogP contribution >= 0.6 is 11.6 Å². The van der Waals surface area contributed by atoms with Crippen LogP contribution in [0, 0.1) is 0 Å². The molecule has 13 heavy (non-hydrogen) atoms. The van der Waals surface area contributed by atoms with Gasteiger partial charge in [0.2, 0.25) is 0 Å². The van der Waals surface area contributed by atoms with E-state index in [2.05, 4.69) is 4.98 Å². The van der Waals surface area contributed by atoms with Gasteiger partial charge in [-0.3, -0.25) is 0 Å². The van der Waals surface area contributed by atoms with Gasteiger partial charge in [-0.05, 0) is 18.2 Å². The van der Waals surface area contributed by atoms with Crippen molar-refractivity contribution in [2.45, 2.75) is 0 Å². The molecule has 66 valence electrons. The molecule has 0 aliphatic rings. The number of aromatic carboxylic acids is 1. The molecule has 0 saturated carbocycles. The number of H-pyrrole nitrogens is 1. The van der Waals surface area contributed by atoms with Gasteiger partial charge in [0.15, 0.2) is 0 Å². The maximum absolute atomic E-state index is 10.6. The minimum absolute atomic E-state index is 0.137. The fourth-order valence-electron chi connectivity index (χ4n) is 1.26. The summed E-state index contributed by atoms with van der Waals surface area (Å²) in [7, 11) is 0. The van der Waals surface area contributed by atoms with Gasteiger partial charge in [-0.2, -0.15) is 0 Å². The van der Waals surface area contributed by atoms with Gasteiger partial charge in [-0.15, -0.1) is 0 Å². The fraction of sp³-hybridized carbons (Fsp3) is 0. The Balaban J connectivity index is 2.79. The second kappa shape index (κ2) is 2.78. The van der Waals surface area contributed by atoms with Gasteiger partial charge in [0.1, 0.15) is 0 Å². The van der Waals surface area contributed by atoms with Crippen LogP contribution < -0.4 is 5.11 Å². The number of fused-ring (bicyclic) bond motifs is 1. The van der Waals surface area contributed by atoms with Crippen molar-refractivity contribution >= 4 is 28.5 Å². The Kier molecular flexibility index (Phi) is 1.74. The highest BCUT2D eigenvalue weighted by Gasteiger charge is 2.03. The Morgan fingerprint density at radius 1 is 1.46 bits per heavy atom. The first-order chi connectivity index (χ1) is 6.18. The number of halogens is 1. The molecule has 0 bridgehead atoms. The number of aromatic amines is 1. The normalized spacial score (nSPS) is 10.5. The number of carbonyl (C=O) groups is 1. The lowest BCUT2D eigenvalue weighted by Crippen LogP contribution is -2.21. The van der Waals surface area contributed by atoms with Crippen LogP contribution in [-0.4, -0.2) is 11.0 Å². The zero-order chi connectivity index (χ0) is 9.42. The molecule has 0 spiro atoms. The highest BCUT2D eigenvalue weighted by atomic mass is 35.5. The Morgan fingerprint density at radius 3 is 2.92 bits per heavy atom. The van der Waals surface area contributed by atoms with Gasteiger partial charge in [0.05, 0.1) is 5.97 Å². The van der Waals surface area contributed by atoms with E-state index >= 15 is 0 Å². The molecule has 0 unspecified atom stereocenters. The molecule has 0 fully saturated rings. The predicted molar refractivity (Wildman–Crippen MR) is 47.6 cm³/mol. The van der Waals surface area contributed by atoms with Crippen LogP contribution in [0.4, 0.5) is 0 Å². The number of carboxylic acids is 1. The first-order valence-electron chi connectivity index (χ1n) is 3.66. The molecule has 1 aromatic heterocycles. The van der Waals surface area contributed by atoms with Gasteiger partial charge in [-0.25, -0.2) is 0 Å². The predicted octanol–water partition coefficient (Wildman–Crippen LogP) is 1.18. The second-order valence-electron chi connectivity index (χ2n) is 2.68. The number of carboxylic acid groups (broad SMARTS) is 1. The minimum atomic E-state index is -1.20. The van der Waals surface area contributed by atoms with Gasteiger partial charge in [0.25, 0.3) is 0 Å². The second-order valence-corrected chi connectivity index (χ2v) is 3.12. The summed E-state index contributed by atoms with van der Waals surface area (Å²) in [5.41, 5.74) is 0.876. The standard InChI is InChI=1S/C9H6ClNO2/c10-5-1-2-8-6(3-5)7(4-11-8)9(12)13/h1-4,11H,(H,12,13)/p-1. The van der Waals surface area contributed by atoms with E-state index in [0.29, 0.717) is 10.4 Å². The number of benzene rings is 1. The van der Waals surface area contributed by atoms with Crippen molar-refractivity contribution in [3.05, 3.63) is 35.0 Å². The van der Waals surface area contributed by atoms with E-state index in [0.717, 1.165) is 5.52 Å². The van der Waals surface area contributed by atoms with E-state index in [4.69, 9.17) is 11.6 Å². The first-order valence-corrected chi connectivity index (χ1v) is 4.04.